The number of aliphatic hydroxyl groups is 1. The third-order valence-electron chi connectivity index (χ3n) is 2.50. The van der Waals surface area contributed by atoms with Gasteiger partial charge in [-0.2, -0.15) is 0 Å². The van der Waals surface area contributed by atoms with Gasteiger partial charge in [-0.05, 0) is 18.1 Å². The number of carbonyl (C=O) groups is 1. The second-order valence-electron chi connectivity index (χ2n) is 3.97. The highest BCUT2D eigenvalue weighted by Crippen LogP contribution is 2.12. The first-order valence-corrected chi connectivity index (χ1v) is 6.61. The number of carbonyl (C=O) groups excluding carboxylic acids is 1. The minimum Gasteiger partial charge on any atom is -0.389 e. The Morgan fingerprint density at radius 1 is 1.42 bits per heavy atom. The van der Waals surface area contributed by atoms with Crippen molar-refractivity contribution in [3.8, 4) is 0 Å². The first-order valence-electron chi connectivity index (χ1n) is 5.73. The summed E-state index contributed by atoms with van der Waals surface area (Å²) in [5.74, 6) is 0. The molecule has 0 spiro atoms. The zero-order chi connectivity index (χ0) is 13.7. The van der Waals surface area contributed by atoms with Crippen LogP contribution < -0.4 is 10.6 Å². The van der Waals surface area contributed by atoms with E-state index in [0.717, 1.165) is 11.1 Å². The van der Waals surface area contributed by atoms with Crippen molar-refractivity contribution in [2.45, 2.75) is 19.6 Å². The number of nitrogens with one attached hydrogen (secondary N) is 2. The SMILES string of the molecule is C[C@H](O)c1ccc(CNC(=O)Nc2nncs2)cc1. The molecule has 1 aromatic heterocycles. The van der Waals surface area contributed by atoms with Crippen molar-refractivity contribution in [1.82, 2.24) is 15.5 Å². The van der Waals surface area contributed by atoms with Crippen LogP contribution in [0.2, 0.25) is 0 Å². The van der Waals surface area contributed by atoms with Crippen molar-refractivity contribution in [2.24, 2.45) is 0 Å². The van der Waals surface area contributed by atoms with E-state index in [1.165, 1.54) is 11.3 Å². The van der Waals surface area contributed by atoms with Crippen molar-refractivity contribution >= 4 is 22.5 Å². The van der Waals surface area contributed by atoms with Gasteiger partial charge >= 0.3 is 6.03 Å². The standard InChI is InChI=1S/C12H14N4O2S/c1-8(17)10-4-2-9(3-5-10)6-13-11(18)15-12-16-14-7-19-12/h2-5,7-8,17H,6H2,1H3,(H2,13,15,16,18)/t8-/m0/s1. The largest absolute Gasteiger partial charge is 0.389 e. The maximum absolute atomic E-state index is 11.5. The summed E-state index contributed by atoms with van der Waals surface area (Å²) in [6.45, 7) is 2.12. The van der Waals surface area contributed by atoms with Gasteiger partial charge in [0.25, 0.3) is 0 Å². The monoisotopic (exact) mass is 278 g/mol. The van der Waals surface area contributed by atoms with Crippen molar-refractivity contribution in [3.05, 3.63) is 40.9 Å². The molecule has 0 aliphatic rings. The highest BCUT2D eigenvalue weighted by atomic mass is 32.1. The van der Waals surface area contributed by atoms with Crippen LogP contribution in [0.5, 0.6) is 0 Å². The van der Waals surface area contributed by atoms with Gasteiger partial charge in [-0.1, -0.05) is 35.6 Å². The van der Waals surface area contributed by atoms with Gasteiger partial charge in [0.05, 0.1) is 6.10 Å². The predicted molar refractivity (Wildman–Crippen MR) is 72.8 cm³/mol. The Morgan fingerprint density at radius 3 is 2.74 bits per heavy atom. The lowest BCUT2D eigenvalue weighted by Gasteiger charge is -2.07. The fourth-order valence-corrected chi connectivity index (χ4v) is 1.91. The van der Waals surface area contributed by atoms with Crippen molar-refractivity contribution in [1.29, 1.82) is 0 Å². The van der Waals surface area contributed by atoms with Gasteiger partial charge in [-0.15, -0.1) is 10.2 Å². The normalized spacial score (nSPS) is 11.9. The molecule has 7 heteroatoms. The first kappa shape index (κ1) is 13.4. The zero-order valence-electron chi connectivity index (χ0n) is 10.3. The quantitative estimate of drug-likeness (QED) is 0.797. The molecule has 19 heavy (non-hydrogen) atoms. The highest BCUT2D eigenvalue weighted by Gasteiger charge is 2.04. The molecule has 0 saturated heterocycles. The van der Waals surface area contributed by atoms with E-state index in [0.29, 0.717) is 11.7 Å². The summed E-state index contributed by atoms with van der Waals surface area (Å²) in [6, 6.07) is 7.09. The molecular weight excluding hydrogens is 264 g/mol. The fraction of sp³-hybridized carbons (Fsp3) is 0.250. The number of hydrogen-bond acceptors (Lipinski definition) is 5. The fourth-order valence-electron chi connectivity index (χ4n) is 1.47. The Kier molecular flexibility index (Phi) is 4.43. The van der Waals surface area contributed by atoms with E-state index in [4.69, 9.17) is 0 Å². The van der Waals surface area contributed by atoms with Gasteiger partial charge in [-0.3, -0.25) is 5.32 Å². The molecule has 0 saturated carbocycles. The smallest absolute Gasteiger partial charge is 0.321 e. The van der Waals surface area contributed by atoms with Crippen LogP contribution in [-0.2, 0) is 6.54 Å². The molecule has 0 unspecified atom stereocenters. The van der Waals surface area contributed by atoms with E-state index < -0.39 is 6.10 Å². The minimum atomic E-state index is -0.484. The molecule has 0 radical (unpaired) electrons. The Bertz CT molecular complexity index is 525. The lowest BCUT2D eigenvalue weighted by Crippen LogP contribution is -2.28. The molecule has 1 heterocycles. The summed E-state index contributed by atoms with van der Waals surface area (Å²) >= 11 is 1.26. The molecule has 0 fully saturated rings. The summed E-state index contributed by atoms with van der Waals surface area (Å²) in [5, 5.41) is 22.5. The predicted octanol–water partition coefficient (Wildman–Crippen LogP) is 1.91. The van der Waals surface area contributed by atoms with Crippen LogP contribution in [-0.4, -0.2) is 21.3 Å². The van der Waals surface area contributed by atoms with Crippen molar-refractivity contribution in [2.75, 3.05) is 5.32 Å². The summed E-state index contributed by atoms with van der Waals surface area (Å²) < 4.78 is 0. The highest BCUT2D eigenvalue weighted by molar-refractivity contribution is 7.13. The maximum atomic E-state index is 11.5. The lowest BCUT2D eigenvalue weighted by atomic mass is 10.1. The number of rotatable bonds is 4. The van der Waals surface area contributed by atoms with E-state index >= 15 is 0 Å². The number of benzene rings is 1. The van der Waals surface area contributed by atoms with Gasteiger partial charge < -0.3 is 10.4 Å². The molecule has 0 aliphatic carbocycles. The molecule has 0 bridgehead atoms. The van der Waals surface area contributed by atoms with Gasteiger partial charge in [0.1, 0.15) is 5.51 Å². The topological polar surface area (TPSA) is 87.1 Å². The number of anilines is 1. The number of urea groups is 1. The van der Waals surface area contributed by atoms with E-state index in [9.17, 15) is 9.90 Å². The average molecular weight is 278 g/mol. The van der Waals surface area contributed by atoms with Gasteiger partial charge in [0.15, 0.2) is 0 Å². The molecule has 100 valence electrons. The minimum absolute atomic E-state index is 0.323. The molecule has 1 aromatic carbocycles. The first-order chi connectivity index (χ1) is 9.15. The maximum Gasteiger partial charge on any atom is 0.321 e. The van der Waals surface area contributed by atoms with Gasteiger partial charge in [-0.25, -0.2) is 4.79 Å². The van der Waals surface area contributed by atoms with Crippen LogP contribution >= 0.6 is 11.3 Å². The molecule has 2 rings (SSSR count). The number of amides is 2. The van der Waals surface area contributed by atoms with Crippen molar-refractivity contribution < 1.29 is 9.90 Å². The van der Waals surface area contributed by atoms with Crippen molar-refractivity contribution in [3.63, 3.8) is 0 Å². The Morgan fingerprint density at radius 2 is 2.16 bits per heavy atom. The summed E-state index contributed by atoms with van der Waals surface area (Å²) in [4.78, 5) is 11.5. The Balaban J connectivity index is 1.83. The van der Waals surface area contributed by atoms with E-state index in [2.05, 4.69) is 20.8 Å². The van der Waals surface area contributed by atoms with E-state index in [-0.39, 0.29) is 6.03 Å². The van der Waals surface area contributed by atoms with Crippen LogP contribution in [0.4, 0.5) is 9.93 Å². The van der Waals surface area contributed by atoms with Crippen LogP contribution in [0, 0.1) is 0 Å². The Hall–Kier alpha value is -1.99. The number of aromatic nitrogens is 2. The Labute approximate surface area is 114 Å². The second-order valence-corrected chi connectivity index (χ2v) is 4.80. The summed E-state index contributed by atoms with van der Waals surface area (Å²) in [6.07, 6.45) is -0.484. The van der Waals surface area contributed by atoms with E-state index in [1.807, 2.05) is 24.3 Å². The third-order valence-corrected chi connectivity index (χ3v) is 3.10. The van der Waals surface area contributed by atoms with Crippen LogP contribution in [0.3, 0.4) is 0 Å². The molecule has 2 amide bonds. The molecule has 2 aromatic rings. The number of aliphatic hydroxyl groups excluding tert-OH is 1. The summed E-state index contributed by atoms with van der Waals surface area (Å²) in [7, 11) is 0. The molecule has 0 aliphatic heterocycles. The molecular formula is C12H14N4O2S. The number of nitrogens with zero attached hydrogens (tertiary/aromatic N) is 2. The number of hydrogen-bond donors (Lipinski definition) is 3. The second kappa shape index (κ2) is 6.26. The molecule has 1 atom stereocenters. The van der Waals surface area contributed by atoms with Gasteiger partial charge in [0.2, 0.25) is 5.13 Å². The lowest BCUT2D eigenvalue weighted by molar-refractivity contribution is 0.199. The third kappa shape index (κ3) is 4.01. The molecule has 3 N–H and O–H groups in total. The molecule has 6 nitrogen and oxygen atoms in total. The van der Waals surface area contributed by atoms with Gasteiger partial charge in [0, 0.05) is 6.54 Å². The van der Waals surface area contributed by atoms with E-state index in [1.54, 1.807) is 12.4 Å². The zero-order valence-corrected chi connectivity index (χ0v) is 11.1. The summed E-state index contributed by atoms with van der Waals surface area (Å²) in [5.41, 5.74) is 3.35. The van der Waals surface area contributed by atoms with Crippen LogP contribution in [0.1, 0.15) is 24.2 Å². The average Bonchev–Trinajstić information content (AvgIpc) is 2.89. The van der Waals surface area contributed by atoms with Crippen LogP contribution in [0.15, 0.2) is 29.8 Å². The van der Waals surface area contributed by atoms with Crippen LogP contribution in [0.25, 0.3) is 0 Å².